The van der Waals surface area contributed by atoms with Crippen LogP contribution < -0.4 is 10.2 Å². The van der Waals surface area contributed by atoms with E-state index in [-0.39, 0.29) is 0 Å². The van der Waals surface area contributed by atoms with Crippen LogP contribution in [0.2, 0.25) is 0 Å². The van der Waals surface area contributed by atoms with Crippen LogP contribution in [0.25, 0.3) is 0 Å². The molecule has 2 atom stereocenters. The van der Waals surface area contributed by atoms with Gasteiger partial charge in [0.1, 0.15) is 6.07 Å². The van der Waals surface area contributed by atoms with Crippen molar-refractivity contribution in [3.63, 3.8) is 0 Å². The summed E-state index contributed by atoms with van der Waals surface area (Å²) in [4.78, 5) is 2.46. The lowest BCUT2D eigenvalue weighted by molar-refractivity contribution is 0.588. The van der Waals surface area contributed by atoms with E-state index in [2.05, 4.69) is 56.1 Å². The maximum atomic E-state index is 9.53. The molecule has 1 saturated heterocycles. The minimum absolute atomic E-state index is 0.457. The van der Waals surface area contributed by atoms with Crippen LogP contribution in [-0.2, 0) is 6.54 Å². The predicted octanol–water partition coefficient (Wildman–Crippen LogP) is 3.82. The Hall–Kier alpha value is -1.53. The molecule has 1 N–H and O–H groups in total. The summed E-state index contributed by atoms with van der Waals surface area (Å²) in [5, 5.41) is 12.9. The number of nitrogens with zero attached hydrogens (tertiary/aromatic N) is 2. The highest BCUT2D eigenvalue weighted by Gasteiger charge is 2.30. The van der Waals surface area contributed by atoms with Crippen molar-refractivity contribution in [3.05, 3.63) is 29.3 Å². The van der Waals surface area contributed by atoms with Gasteiger partial charge in [-0.25, -0.2) is 0 Å². The minimum atomic E-state index is 0.457. The summed E-state index contributed by atoms with van der Waals surface area (Å²) in [6.45, 7) is 9.60. The van der Waals surface area contributed by atoms with Crippen LogP contribution >= 0.6 is 0 Å². The van der Waals surface area contributed by atoms with Crippen molar-refractivity contribution in [1.29, 1.82) is 5.26 Å². The van der Waals surface area contributed by atoms with Gasteiger partial charge in [0, 0.05) is 24.7 Å². The lowest BCUT2D eigenvalue weighted by Gasteiger charge is -2.31. The molecule has 0 spiro atoms. The van der Waals surface area contributed by atoms with Crippen LogP contribution in [0.3, 0.4) is 0 Å². The third-order valence-electron chi connectivity index (χ3n) is 4.43. The van der Waals surface area contributed by atoms with Crippen LogP contribution in [0, 0.1) is 11.3 Å². The van der Waals surface area contributed by atoms with Gasteiger partial charge >= 0.3 is 0 Å². The summed E-state index contributed by atoms with van der Waals surface area (Å²) < 4.78 is 0. The number of benzene rings is 1. The average Bonchev–Trinajstić information content (AvgIpc) is 2.85. The summed E-state index contributed by atoms with van der Waals surface area (Å²) in [6.07, 6.45) is 3.60. The van der Waals surface area contributed by atoms with Crippen LogP contribution in [-0.4, -0.2) is 18.1 Å². The summed E-state index contributed by atoms with van der Waals surface area (Å²) in [5.74, 6) is 0. The van der Waals surface area contributed by atoms with E-state index in [1.165, 1.54) is 18.4 Å². The van der Waals surface area contributed by atoms with Crippen molar-refractivity contribution in [2.75, 3.05) is 4.90 Å². The van der Waals surface area contributed by atoms with Gasteiger partial charge in [-0.1, -0.05) is 26.8 Å². The molecule has 21 heavy (non-hydrogen) atoms. The molecular formula is C18H27N3. The quantitative estimate of drug-likeness (QED) is 0.893. The molecule has 0 aromatic heterocycles. The van der Waals surface area contributed by atoms with E-state index < -0.39 is 0 Å². The van der Waals surface area contributed by atoms with E-state index in [0.717, 1.165) is 24.2 Å². The van der Waals surface area contributed by atoms with Crippen molar-refractivity contribution >= 4 is 5.69 Å². The molecule has 0 bridgehead atoms. The van der Waals surface area contributed by atoms with Gasteiger partial charge in [-0.2, -0.15) is 5.26 Å². The number of anilines is 1. The first-order valence-electron chi connectivity index (χ1n) is 8.11. The zero-order valence-corrected chi connectivity index (χ0v) is 13.7. The molecule has 1 aliphatic heterocycles. The van der Waals surface area contributed by atoms with Gasteiger partial charge in [-0.15, -0.1) is 0 Å². The highest BCUT2D eigenvalue weighted by atomic mass is 15.2. The lowest BCUT2D eigenvalue weighted by Crippen LogP contribution is -2.34. The van der Waals surface area contributed by atoms with Gasteiger partial charge in [-0.3, -0.25) is 0 Å². The zero-order chi connectivity index (χ0) is 15.4. The first kappa shape index (κ1) is 15.9. The van der Waals surface area contributed by atoms with Crippen molar-refractivity contribution < 1.29 is 0 Å². The molecule has 1 heterocycles. The Morgan fingerprint density at radius 1 is 1.38 bits per heavy atom. The molecule has 0 aliphatic carbocycles. The number of rotatable bonds is 5. The van der Waals surface area contributed by atoms with Crippen molar-refractivity contribution in [2.45, 2.75) is 71.6 Å². The van der Waals surface area contributed by atoms with Crippen molar-refractivity contribution in [3.8, 4) is 6.07 Å². The number of hydrogen-bond acceptors (Lipinski definition) is 3. The van der Waals surface area contributed by atoms with E-state index in [1.54, 1.807) is 0 Å². The van der Waals surface area contributed by atoms with Crippen LogP contribution in [0.1, 0.15) is 58.1 Å². The molecule has 3 nitrogen and oxygen atoms in total. The van der Waals surface area contributed by atoms with Crippen LogP contribution in [0.4, 0.5) is 5.69 Å². The molecule has 2 rings (SSSR count). The van der Waals surface area contributed by atoms with Gasteiger partial charge in [0.15, 0.2) is 0 Å². The van der Waals surface area contributed by atoms with Gasteiger partial charge in [0.2, 0.25) is 0 Å². The van der Waals surface area contributed by atoms with E-state index in [4.69, 9.17) is 0 Å². The summed E-state index contributed by atoms with van der Waals surface area (Å²) in [5.41, 5.74) is 3.11. The van der Waals surface area contributed by atoms with Gasteiger partial charge < -0.3 is 10.2 Å². The Kier molecular flexibility index (Phi) is 5.25. The third kappa shape index (κ3) is 3.57. The fourth-order valence-corrected chi connectivity index (χ4v) is 3.24. The maximum absolute atomic E-state index is 9.53. The van der Waals surface area contributed by atoms with Crippen molar-refractivity contribution in [2.24, 2.45) is 0 Å². The highest BCUT2D eigenvalue weighted by molar-refractivity contribution is 5.62. The van der Waals surface area contributed by atoms with Gasteiger partial charge in [0.25, 0.3) is 0 Å². The Labute approximate surface area is 129 Å². The van der Waals surface area contributed by atoms with Crippen LogP contribution in [0.5, 0.6) is 0 Å². The summed E-state index contributed by atoms with van der Waals surface area (Å²) in [6, 6.07) is 10.3. The largest absolute Gasteiger partial charge is 0.365 e. The normalized spacial score (nSPS) is 21.8. The van der Waals surface area contributed by atoms with E-state index in [9.17, 15) is 5.26 Å². The van der Waals surface area contributed by atoms with Gasteiger partial charge in [0.05, 0.1) is 11.3 Å². The van der Waals surface area contributed by atoms with E-state index in [1.807, 2.05) is 6.07 Å². The molecule has 2 unspecified atom stereocenters. The Balaban J connectivity index is 2.26. The molecule has 1 aromatic carbocycles. The lowest BCUT2D eigenvalue weighted by atomic mass is 10.1. The standard InChI is InChI=1S/C18H27N3/c1-5-17-8-6-14(4)21(17)18-9-7-15(10-16(18)11-19)12-20-13(2)3/h7,9-10,13-14,17,20H,5-6,8,12H2,1-4H3. The molecule has 0 radical (unpaired) electrons. The van der Waals surface area contributed by atoms with Gasteiger partial charge in [-0.05, 0) is 43.9 Å². The first-order valence-corrected chi connectivity index (χ1v) is 8.11. The average molecular weight is 285 g/mol. The predicted molar refractivity (Wildman–Crippen MR) is 88.4 cm³/mol. The molecule has 3 heteroatoms. The summed E-state index contributed by atoms with van der Waals surface area (Å²) >= 11 is 0. The third-order valence-corrected chi connectivity index (χ3v) is 4.43. The van der Waals surface area contributed by atoms with Crippen molar-refractivity contribution in [1.82, 2.24) is 5.32 Å². The molecule has 1 fully saturated rings. The number of nitrogens with one attached hydrogen (secondary N) is 1. The topological polar surface area (TPSA) is 39.1 Å². The molecule has 0 saturated carbocycles. The summed E-state index contributed by atoms with van der Waals surface area (Å²) in [7, 11) is 0. The SMILES string of the molecule is CCC1CCC(C)N1c1ccc(CNC(C)C)cc1C#N. The molecule has 114 valence electrons. The second-order valence-corrected chi connectivity index (χ2v) is 6.39. The van der Waals surface area contributed by atoms with E-state index >= 15 is 0 Å². The molecule has 1 aliphatic rings. The van der Waals surface area contributed by atoms with Crippen LogP contribution in [0.15, 0.2) is 18.2 Å². The number of nitriles is 1. The Bertz CT molecular complexity index is 516. The minimum Gasteiger partial charge on any atom is -0.365 e. The second kappa shape index (κ2) is 6.95. The maximum Gasteiger partial charge on any atom is 0.101 e. The first-order chi connectivity index (χ1) is 10.1. The number of hydrogen-bond donors (Lipinski definition) is 1. The monoisotopic (exact) mass is 285 g/mol. The molecule has 1 aromatic rings. The smallest absolute Gasteiger partial charge is 0.101 e. The fraction of sp³-hybridized carbons (Fsp3) is 0.611. The molecular weight excluding hydrogens is 258 g/mol. The fourth-order valence-electron chi connectivity index (χ4n) is 3.24. The Morgan fingerprint density at radius 3 is 2.76 bits per heavy atom. The zero-order valence-electron chi connectivity index (χ0n) is 13.7. The molecule has 0 amide bonds. The second-order valence-electron chi connectivity index (χ2n) is 6.39. The van der Waals surface area contributed by atoms with E-state index in [0.29, 0.717) is 18.1 Å². The highest BCUT2D eigenvalue weighted by Crippen LogP contribution is 2.34. The Morgan fingerprint density at radius 2 is 2.14 bits per heavy atom.